The topological polar surface area (TPSA) is 0 Å². The Balaban J connectivity index is 0.000000366. The van der Waals surface area contributed by atoms with Gasteiger partial charge in [0.25, 0.3) is 0 Å². The summed E-state index contributed by atoms with van der Waals surface area (Å²) in [7, 11) is 0. The van der Waals surface area contributed by atoms with E-state index in [1.54, 1.807) is 0 Å². The zero-order chi connectivity index (χ0) is 49.2. The summed E-state index contributed by atoms with van der Waals surface area (Å²) in [5.41, 5.74) is 2.64. The Morgan fingerprint density at radius 2 is 0.672 bits per heavy atom. The average molecular weight is 898 g/mol. The first-order chi connectivity index (χ1) is 29.4. The van der Waals surface area contributed by atoms with Gasteiger partial charge in [0.05, 0.1) is 0 Å². The zero-order valence-electron chi connectivity index (χ0n) is 49.2. The van der Waals surface area contributed by atoms with Gasteiger partial charge in [-0.3, -0.25) is 0 Å². The van der Waals surface area contributed by atoms with Gasteiger partial charge in [-0.1, -0.05) is 236 Å². The van der Waals surface area contributed by atoms with Crippen LogP contribution in [0.1, 0.15) is 301 Å². The molecule has 8 rings (SSSR count). The van der Waals surface area contributed by atoms with E-state index >= 15 is 0 Å². The van der Waals surface area contributed by atoms with E-state index in [-0.39, 0.29) is 0 Å². The summed E-state index contributed by atoms with van der Waals surface area (Å²) in [6.45, 7) is 54.5. The lowest BCUT2D eigenvalue weighted by molar-refractivity contribution is 0.281. The van der Waals surface area contributed by atoms with Crippen LogP contribution in [-0.4, -0.2) is 0 Å². The summed E-state index contributed by atoms with van der Waals surface area (Å²) in [6.07, 6.45) is 32.0. The Labute approximate surface area is 409 Å². The first-order valence-corrected chi connectivity index (χ1v) is 29.4. The molecule has 0 N–H and O–H groups in total. The van der Waals surface area contributed by atoms with Crippen molar-refractivity contribution in [2.75, 3.05) is 0 Å². The highest BCUT2D eigenvalue weighted by Crippen LogP contribution is 2.44. The molecule has 64 heavy (non-hydrogen) atoms. The molecule has 0 heteroatoms. The maximum absolute atomic E-state index is 2.39. The molecule has 8 aliphatic carbocycles. The molecule has 0 aromatic heterocycles. The molecule has 0 bridgehead atoms. The van der Waals surface area contributed by atoms with Crippen LogP contribution in [0.2, 0.25) is 0 Å². The van der Waals surface area contributed by atoms with Crippen LogP contribution >= 0.6 is 0 Å². The molecule has 384 valence electrons. The van der Waals surface area contributed by atoms with Gasteiger partial charge in [0.1, 0.15) is 0 Å². The summed E-state index contributed by atoms with van der Waals surface area (Å²) < 4.78 is 0. The molecular weight excluding hydrogens is 769 g/mol. The van der Waals surface area contributed by atoms with E-state index in [0.29, 0.717) is 21.7 Å². The van der Waals surface area contributed by atoms with Crippen molar-refractivity contribution in [2.24, 2.45) is 110 Å². The van der Waals surface area contributed by atoms with E-state index in [0.717, 1.165) is 88.8 Å². The van der Waals surface area contributed by atoms with Gasteiger partial charge < -0.3 is 0 Å². The molecule has 10 unspecified atom stereocenters. The lowest BCUT2D eigenvalue weighted by Crippen LogP contribution is -2.13. The minimum atomic E-state index is 0.653. The first kappa shape index (κ1) is 62.0. The normalized spacial score (nSPS) is 40.5. The highest BCUT2D eigenvalue weighted by Gasteiger charge is 2.32. The number of rotatable bonds is 1. The van der Waals surface area contributed by atoms with Gasteiger partial charge in [-0.25, -0.2) is 0 Å². The van der Waals surface area contributed by atoms with Gasteiger partial charge >= 0.3 is 0 Å². The highest BCUT2D eigenvalue weighted by molar-refractivity contribution is 4.83. The molecule has 8 aliphatic rings. The second-order valence-corrected chi connectivity index (χ2v) is 29.1. The van der Waals surface area contributed by atoms with Crippen molar-refractivity contribution in [3.8, 4) is 0 Å². The van der Waals surface area contributed by atoms with E-state index in [2.05, 4.69) is 159 Å². The van der Waals surface area contributed by atoms with Crippen molar-refractivity contribution < 1.29 is 0 Å². The fraction of sp³-hybridized carbons (Fsp3) is 1.00. The van der Waals surface area contributed by atoms with Gasteiger partial charge in [-0.2, -0.15) is 0 Å². The molecule has 0 nitrogen and oxygen atoms in total. The molecule has 8 fully saturated rings. The Morgan fingerprint density at radius 1 is 0.328 bits per heavy atom. The molecule has 0 aliphatic heterocycles. The van der Waals surface area contributed by atoms with E-state index in [9.17, 15) is 0 Å². The smallest absolute Gasteiger partial charge is 0.0329 e. The largest absolute Gasteiger partial charge is 0.0651 e. The summed E-state index contributed by atoms with van der Waals surface area (Å²) in [5, 5.41) is 0. The molecule has 0 aromatic carbocycles. The van der Waals surface area contributed by atoms with Crippen molar-refractivity contribution in [3.05, 3.63) is 0 Å². The molecule has 0 saturated heterocycles. The van der Waals surface area contributed by atoms with Crippen molar-refractivity contribution in [1.29, 1.82) is 0 Å². The van der Waals surface area contributed by atoms with Crippen LogP contribution < -0.4 is 0 Å². The van der Waals surface area contributed by atoms with Crippen molar-refractivity contribution >= 4 is 0 Å². The monoisotopic (exact) mass is 897 g/mol. The molecular formula is C64H128. The lowest BCUT2D eigenvalue weighted by Gasteiger charge is -2.22. The second-order valence-electron chi connectivity index (χ2n) is 29.1. The minimum Gasteiger partial charge on any atom is -0.0651 e. The molecule has 0 amide bonds. The van der Waals surface area contributed by atoms with Crippen LogP contribution in [0.25, 0.3) is 0 Å². The molecule has 0 spiro atoms. The number of hydrogen-bond donors (Lipinski definition) is 0. The third kappa shape index (κ3) is 24.5. The fourth-order valence-electron chi connectivity index (χ4n) is 13.7. The molecule has 0 aromatic rings. The van der Waals surface area contributed by atoms with Gasteiger partial charge in [-0.05, 0) is 175 Å². The molecule has 0 radical (unpaired) electrons. The van der Waals surface area contributed by atoms with Crippen LogP contribution in [0.3, 0.4) is 0 Å². The predicted molar refractivity (Wildman–Crippen MR) is 294 cm³/mol. The summed E-state index contributed by atoms with van der Waals surface area (Å²) in [6, 6.07) is 0. The van der Waals surface area contributed by atoms with Crippen molar-refractivity contribution in [1.82, 2.24) is 0 Å². The maximum Gasteiger partial charge on any atom is -0.0329 e. The van der Waals surface area contributed by atoms with E-state index in [1.165, 1.54) is 141 Å². The Bertz CT molecular complexity index is 1070. The summed E-state index contributed by atoms with van der Waals surface area (Å²) in [4.78, 5) is 0. The van der Waals surface area contributed by atoms with E-state index < -0.39 is 0 Å². The van der Waals surface area contributed by atoms with Crippen molar-refractivity contribution in [2.45, 2.75) is 301 Å². The van der Waals surface area contributed by atoms with E-state index in [4.69, 9.17) is 0 Å². The van der Waals surface area contributed by atoms with Crippen LogP contribution in [0.4, 0.5) is 0 Å². The van der Waals surface area contributed by atoms with Crippen LogP contribution in [0, 0.1) is 110 Å². The minimum absolute atomic E-state index is 0.653. The lowest BCUT2D eigenvalue weighted by atomic mass is 9.83. The quantitative estimate of drug-likeness (QED) is 0.246. The van der Waals surface area contributed by atoms with Gasteiger partial charge in [0.2, 0.25) is 0 Å². The standard InChI is InChI=1S/8C8H16/c2*1-6-4-7(2)8(3)5-6;2*1-7-4-5-8(2,3)6-7;2*1-7-5-4-6-8(7,2)3;1-6-4-5-7(2)8(6)3;1-3-8-6-4-5-7(8)2/h2*6-8H,4-5H2,1-3H3;4*7H,4-6H2,1-3H3;6-8H,4-5H2,1-3H3;7-8H,3-6H2,1-2H3/t6?,7-,8?;;7-;;7-;;;/m0.0.0.../s1. The average Bonchev–Trinajstić information content (AvgIpc) is 4.09. The third-order valence-corrected chi connectivity index (χ3v) is 20.5. The molecule has 0 heterocycles. The zero-order valence-corrected chi connectivity index (χ0v) is 49.2. The maximum atomic E-state index is 2.39. The fourth-order valence-corrected chi connectivity index (χ4v) is 13.7. The molecule has 13 atom stereocenters. The summed E-state index contributed by atoms with van der Waals surface area (Å²) in [5.74, 6) is 14.9. The van der Waals surface area contributed by atoms with Gasteiger partial charge in [-0.15, -0.1) is 0 Å². The third-order valence-electron chi connectivity index (χ3n) is 20.5. The van der Waals surface area contributed by atoms with Gasteiger partial charge in [0, 0.05) is 0 Å². The van der Waals surface area contributed by atoms with Crippen LogP contribution in [0.15, 0.2) is 0 Å². The summed E-state index contributed by atoms with van der Waals surface area (Å²) >= 11 is 0. The van der Waals surface area contributed by atoms with Crippen LogP contribution in [-0.2, 0) is 0 Å². The number of hydrogen-bond acceptors (Lipinski definition) is 0. The SMILES string of the molecule is CC1CC(C)C(C)C1.CC1CC(C)[C@@H](C)C1.CC1CCC(C)(C)C1.CC1CCC(C)C1C.CC1CCCC1(C)C.CCC1CCCC1C.C[C@H]1CCC(C)(C)C1.C[C@H]1CCCC1(C)C. The van der Waals surface area contributed by atoms with E-state index in [1.807, 2.05) is 0 Å². The van der Waals surface area contributed by atoms with Crippen molar-refractivity contribution in [3.63, 3.8) is 0 Å². The van der Waals surface area contributed by atoms with Crippen LogP contribution in [0.5, 0.6) is 0 Å². The predicted octanol–water partition coefficient (Wildman–Crippen LogP) is 22.2. The Kier molecular flexibility index (Phi) is 28.3. The first-order valence-electron chi connectivity index (χ1n) is 29.4. The van der Waals surface area contributed by atoms with Gasteiger partial charge in [0.15, 0.2) is 0 Å². The Hall–Kier alpha value is 0. The Morgan fingerprint density at radius 3 is 0.766 bits per heavy atom. The molecule has 8 saturated carbocycles. The second kappa shape index (κ2) is 29.2. The highest BCUT2D eigenvalue weighted by atomic mass is 14.4.